The lowest BCUT2D eigenvalue weighted by molar-refractivity contribution is -0.118. The number of benzene rings is 2. The molecule has 23 heavy (non-hydrogen) atoms. The Morgan fingerprint density at radius 1 is 1.04 bits per heavy atom. The van der Waals surface area contributed by atoms with Gasteiger partial charge in [-0.2, -0.15) is 0 Å². The quantitative estimate of drug-likeness (QED) is 0.787. The highest BCUT2D eigenvalue weighted by molar-refractivity contribution is 5.92. The van der Waals surface area contributed by atoms with Gasteiger partial charge in [0.05, 0.1) is 0 Å². The van der Waals surface area contributed by atoms with Crippen molar-refractivity contribution in [2.75, 3.05) is 18.5 Å². The molecule has 0 radical (unpaired) electrons. The Bertz CT molecular complexity index is 677. The summed E-state index contributed by atoms with van der Waals surface area (Å²) in [7, 11) is 0. The molecular weight excluding hydrogens is 290 g/mol. The van der Waals surface area contributed by atoms with Gasteiger partial charge in [-0.15, -0.1) is 0 Å². The molecule has 0 bridgehead atoms. The van der Waals surface area contributed by atoms with Crippen LogP contribution in [0.15, 0.2) is 60.7 Å². The van der Waals surface area contributed by atoms with Crippen LogP contribution in [0.5, 0.6) is 11.5 Å². The van der Waals surface area contributed by atoms with Crippen molar-refractivity contribution < 1.29 is 14.3 Å². The maximum Gasteiger partial charge on any atom is 0.262 e. The summed E-state index contributed by atoms with van der Waals surface area (Å²) < 4.78 is 11.0. The molecule has 0 aromatic heterocycles. The fourth-order valence-electron chi connectivity index (χ4n) is 1.85. The van der Waals surface area contributed by atoms with E-state index in [0.29, 0.717) is 23.8 Å². The first-order valence-electron chi connectivity index (χ1n) is 7.39. The molecule has 0 aliphatic carbocycles. The van der Waals surface area contributed by atoms with Crippen molar-refractivity contribution in [3.8, 4) is 11.5 Å². The molecule has 4 heteroatoms. The van der Waals surface area contributed by atoms with Gasteiger partial charge in [-0.1, -0.05) is 30.3 Å². The molecule has 0 saturated carbocycles. The van der Waals surface area contributed by atoms with Crippen LogP contribution in [0.3, 0.4) is 0 Å². The summed E-state index contributed by atoms with van der Waals surface area (Å²) in [6.45, 7) is 8.10. The number of carbonyl (C=O) groups excluding carboxylic acids is 1. The Morgan fingerprint density at radius 2 is 1.74 bits per heavy atom. The second-order valence-corrected chi connectivity index (χ2v) is 5.42. The van der Waals surface area contributed by atoms with Gasteiger partial charge in [-0.3, -0.25) is 4.79 Å². The van der Waals surface area contributed by atoms with E-state index in [9.17, 15) is 4.79 Å². The molecule has 0 atom stereocenters. The predicted octanol–water partition coefficient (Wildman–Crippen LogP) is 3.97. The van der Waals surface area contributed by atoms with Crippen LogP contribution in [0, 0.1) is 6.92 Å². The van der Waals surface area contributed by atoms with Crippen LogP contribution in [-0.2, 0) is 4.79 Å². The number of aryl methyl sites for hydroxylation is 1. The Balaban J connectivity index is 1.86. The molecule has 0 fully saturated rings. The number of amides is 1. The summed E-state index contributed by atoms with van der Waals surface area (Å²) in [5.74, 6) is 1.14. The highest BCUT2D eigenvalue weighted by atomic mass is 16.5. The second-order valence-electron chi connectivity index (χ2n) is 5.42. The van der Waals surface area contributed by atoms with E-state index in [1.807, 2.05) is 50.2 Å². The van der Waals surface area contributed by atoms with E-state index in [0.717, 1.165) is 11.1 Å². The molecule has 0 aliphatic rings. The molecule has 0 spiro atoms. The van der Waals surface area contributed by atoms with Gasteiger partial charge >= 0.3 is 0 Å². The Labute approximate surface area is 136 Å². The maximum atomic E-state index is 11.9. The molecule has 2 aromatic rings. The second kappa shape index (κ2) is 8.03. The SMILES string of the molecule is C=C(C)COc1cccc(NC(=O)COc2ccc(C)cc2)c1. The first kappa shape index (κ1) is 16.6. The Kier molecular flexibility index (Phi) is 5.80. The summed E-state index contributed by atoms with van der Waals surface area (Å²) in [6.07, 6.45) is 0. The average molecular weight is 311 g/mol. The Morgan fingerprint density at radius 3 is 2.43 bits per heavy atom. The number of ether oxygens (including phenoxy) is 2. The molecule has 0 heterocycles. The van der Waals surface area contributed by atoms with Crippen molar-refractivity contribution in [1.82, 2.24) is 0 Å². The zero-order chi connectivity index (χ0) is 16.7. The molecule has 120 valence electrons. The molecule has 4 nitrogen and oxygen atoms in total. The van der Waals surface area contributed by atoms with Crippen molar-refractivity contribution in [2.45, 2.75) is 13.8 Å². The van der Waals surface area contributed by atoms with Crippen molar-refractivity contribution in [2.24, 2.45) is 0 Å². The third-order valence-corrected chi connectivity index (χ3v) is 2.99. The summed E-state index contributed by atoms with van der Waals surface area (Å²) in [5, 5.41) is 2.79. The van der Waals surface area contributed by atoms with Gasteiger partial charge in [-0.25, -0.2) is 0 Å². The molecule has 1 N–H and O–H groups in total. The van der Waals surface area contributed by atoms with Crippen LogP contribution >= 0.6 is 0 Å². The normalized spacial score (nSPS) is 10.0. The fraction of sp³-hybridized carbons (Fsp3) is 0.211. The van der Waals surface area contributed by atoms with E-state index < -0.39 is 0 Å². The minimum atomic E-state index is -0.220. The van der Waals surface area contributed by atoms with E-state index >= 15 is 0 Å². The smallest absolute Gasteiger partial charge is 0.262 e. The van der Waals surface area contributed by atoms with Crippen LogP contribution in [0.4, 0.5) is 5.69 Å². The van der Waals surface area contributed by atoms with Crippen molar-refractivity contribution >= 4 is 11.6 Å². The molecule has 2 rings (SSSR count). The number of rotatable bonds is 7. The van der Waals surface area contributed by atoms with Crippen LogP contribution in [0.1, 0.15) is 12.5 Å². The van der Waals surface area contributed by atoms with Crippen LogP contribution < -0.4 is 14.8 Å². The Hall–Kier alpha value is -2.75. The maximum absolute atomic E-state index is 11.9. The topological polar surface area (TPSA) is 47.6 Å². The van der Waals surface area contributed by atoms with E-state index in [1.165, 1.54) is 0 Å². The highest BCUT2D eigenvalue weighted by Gasteiger charge is 2.05. The predicted molar refractivity (Wildman–Crippen MR) is 92.1 cm³/mol. The van der Waals surface area contributed by atoms with Crippen LogP contribution in [0.25, 0.3) is 0 Å². The van der Waals surface area contributed by atoms with Gasteiger partial charge in [-0.05, 0) is 43.7 Å². The minimum absolute atomic E-state index is 0.0418. The van der Waals surface area contributed by atoms with Gasteiger partial charge in [0, 0.05) is 11.8 Å². The standard InChI is InChI=1S/C19H21NO3/c1-14(2)12-22-18-6-4-5-16(11-18)20-19(21)13-23-17-9-7-15(3)8-10-17/h4-11H,1,12-13H2,2-3H3,(H,20,21). The highest BCUT2D eigenvalue weighted by Crippen LogP contribution is 2.18. The van der Waals surface area contributed by atoms with Crippen molar-refractivity contribution in [1.29, 1.82) is 0 Å². The van der Waals surface area contributed by atoms with Crippen LogP contribution in [-0.4, -0.2) is 19.1 Å². The minimum Gasteiger partial charge on any atom is -0.489 e. The summed E-state index contributed by atoms with van der Waals surface area (Å²) >= 11 is 0. The molecule has 1 amide bonds. The summed E-state index contributed by atoms with van der Waals surface area (Å²) in [5.41, 5.74) is 2.75. The summed E-state index contributed by atoms with van der Waals surface area (Å²) in [4.78, 5) is 11.9. The van der Waals surface area contributed by atoms with Gasteiger partial charge < -0.3 is 14.8 Å². The monoisotopic (exact) mass is 311 g/mol. The third-order valence-electron chi connectivity index (χ3n) is 2.99. The van der Waals surface area contributed by atoms with E-state index in [1.54, 1.807) is 12.1 Å². The summed E-state index contributed by atoms with van der Waals surface area (Å²) in [6, 6.07) is 14.8. The fourth-order valence-corrected chi connectivity index (χ4v) is 1.85. The largest absolute Gasteiger partial charge is 0.489 e. The van der Waals surface area contributed by atoms with E-state index in [4.69, 9.17) is 9.47 Å². The lowest BCUT2D eigenvalue weighted by atomic mass is 10.2. The van der Waals surface area contributed by atoms with Gasteiger partial charge in [0.15, 0.2) is 6.61 Å². The van der Waals surface area contributed by atoms with Gasteiger partial charge in [0.25, 0.3) is 5.91 Å². The number of nitrogens with one attached hydrogen (secondary N) is 1. The zero-order valence-electron chi connectivity index (χ0n) is 13.5. The lowest BCUT2D eigenvalue weighted by Gasteiger charge is -2.10. The molecule has 0 saturated heterocycles. The first-order valence-corrected chi connectivity index (χ1v) is 7.39. The van der Waals surface area contributed by atoms with Gasteiger partial charge in [0.2, 0.25) is 0 Å². The lowest BCUT2D eigenvalue weighted by Crippen LogP contribution is -2.20. The number of anilines is 1. The number of hydrogen-bond acceptors (Lipinski definition) is 3. The number of carbonyl (C=O) groups is 1. The van der Waals surface area contributed by atoms with Crippen LogP contribution in [0.2, 0.25) is 0 Å². The molecule has 2 aromatic carbocycles. The zero-order valence-corrected chi connectivity index (χ0v) is 13.5. The van der Waals surface area contributed by atoms with Crippen molar-refractivity contribution in [3.05, 3.63) is 66.2 Å². The molecule has 0 unspecified atom stereocenters. The molecular formula is C19H21NO3. The van der Waals surface area contributed by atoms with E-state index in [2.05, 4.69) is 11.9 Å². The third kappa shape index (κ3) is 5.87. The number of hydrogen-bond donors (Lipinski definition) is 1. The van der Waals surface area contributed by atoms with E-state index in [-0.39, 0.29) is 12.5 Å². The first-order chi connectivity index (χ1) is 11.0. The average Bonchev–Trinajstić information content (AvgIpc) is 2.53. The van der Waals surface area contributed by atoms with Gasteiger partial charge in [0.1, 0.15) is 18.1 Å². The molecule has 0 aliphatic heterocycles. The van der Waals surface area contributed by atoms with Crippen molar-refractivity contribution in [3.63, 3.8) is 0 Å².